The zero-order chi connectivity index (χ0) is 18.0. The van der Waals surface area contributed by atoms with Crippen LogP contribution in [0.4, 0.5) is 5.82 Å². The Morgan fingerprint density at radius 3 is 2.52 bits per heavy atom. The van der Waals surface area contributed by atoms with Crippen molar-refractivity contribution in [3.63, 3.8) is 0 Å². The van der Waals surface area contributed by atoms with Crippen molar-refractivity contribution in [1.82, 2.24) is 29.3 Å². The van der Waals surface area contributed by atoms with Crippen LogP contribution in [-0.4, -0.2) is 35.2 Å². The number of rotatable bonds is 4. The Kier molecular flexibility index (Phi) is 4.35. The number of anilines is 1. The number of carbonyl (C=O) groups is 1. The number of aromatic nitrogens is 6. The molecule has 0 aliphatic heterocycles. The van der Waals surface area contributed by atoms with Gasteiger partial charge in [0.25, 0.3) is 5.95 Å². The number of hydrogen-bond acceptors (Lipinski definition) is 5. The molecule has 0 saturated heterocycles. The fraction of sp³-hybridized carbons (Fsp3) is 0.353. The monoisotopic (exact) mass is 339 g/mol. The summed E-state index contributed by atoms with van der Waals surface area (Å²) in [5, 5.41) is 7.51. The zero-order valence-corrected chi connectivity index (χ0v) is 14.7. The summed E-state index contributed by atoms with van der Waals surface area (Å²) in [4.78, 5) is 25.1. The summed E-state index contributed by atoms with van der Waals surface area (Å²) in [6.07, 6.45) is 8.29. The van der Waals surface area contributed by atoms with E-state index in [1.807, 2.05) is 6.07 Å². The molecule has 0 aromatic carbocycles. The topological polar surface area (TPSA) is 90.5 Å². The lowest BCUT2D eigenvalue weighted by molar-refractivity contribution is -0.118. The Labute approximate surface area is 145 Å². The summed E-state index contributed by atoms with van der Waals surface area (Å²) in [5.41, 5.74) is 0.667. The second-order valence-corrected chi connectivity index (χ2v) is 6.80. The van der Waals surface area contributed by atoms with Crippen LogP contribution < -0.4 is 5.32 Å². The predicted molar refractivity (Wildman–Crippen MR) is 93.4 cm³/mol. The summed E-state index contributed by atoms with van der Waals surface area (Å²) in [5.74, 6) is 0.771. The van der Waals surface area contributed by atoms with Gasteiger partial charge in [0.2, 0.25) is 5.91 Å². The second-order valence-electron chi connectivity index (χ2n) is 6.80. The second kappa shape index (κ2) is 6.46. The van der Waals surface area contributed by atoms with Crippen molar-refractivity contribution >= 4 is 11.7 Å². The van der Waals surface area contributed by atoms with Crippen LogP contribution in [0.3, 0.4) is 0 Å². The number of nitrogens with one attached hydrogen (secondary N) is 1. The average molecular weight is 339 g/mol. The Balaban J connectivity index is 1.94. The van der Waals surface area contributed by atoms with E-state index in [9.17, 15) is 4.79 Å². The maximum Gasteiger partial charge on any atom is 0.252 e. The lowest BCUT2D eigenvalue weighted by atomic mass is 9.92. The van der Waals surface area contributed by atoms with Crippen molar-refractivity contribution in [2.75, 3.05) is 5.32 Å². The standard InChI is InChI=1S/C17H21N7O/c1-12(23-9-8-18-11-23)15(25)21-14-10-13(17(2,3)4)22-24(14)16-19-6-5-7-20-16/h5-12H,1-4H3,(H,21,25)/t12-/m0/s1. The molecule has 1 amide bonds. The predicted octanol–water partition coefficient (Wildman–Crippen LogP) is 2.36. The van der Waals surface area contributed by atoms with Crippen LogP contribution in [0.1, 0.15) is 39.4 Å². The minimum atomic E-state index is -0.402. The lowest BCUT2D eigenvalue weighted by Gasteiger charge is -2.14. The molecule has 0 aliphatic rings. The molecule has 0 radical (unpaired) electrons. The van der Waals surface area contributed by atoms with Gasteiger partial charge in [0.05, 0.1) is 12.0 Å². The van der Waals surface area contributed by atoms with Crippen molar-refractivity contribution in [2.24, 2.45) is 0 Å². The smallest absolute Gasteiger partial charge is 0.252 e. The summed E-state index contributed by atoms with van der Waals surface area (Å²) >= 11 is 0. The number of hydrogen-bond donors (Lipinski definition) is 1. The van der Waals surface area contributed by atoms with E-state index in [4.69, 9.17) is 0 Å². The molecule has 3 heterocycles. The van der Waals surface area contributed by atoms with Gasteiger partial charge in [0.1, 0.15) is 11.9 Å². The molecule has 1 atom stereocenters. The van der Waals surface area contributed by atoms with Gasteiger partial charge in [0.15, 0.2) is 0 Å². The van der Waals surface area contributed by atoms with Gasteiger partial charge in [-0.3, -0.25) is 4.79 Å². The van der Waals surface area contributed by atoms with E-state index in [0.29, 0.717) is 11.8 Å². The van der Waals surface area contributed by atoms with Crippen LogP contribution in [0.25, 0.3) is 5.95 Å². The van der Waals surface area contributed by atoms with E-state index in [2.05, 4.69) is 46.1 Å². The summed E-state index contributed by atoms with van der Waals surface area (Å²) in [7, 11) is 0. The first-order valence-corrected chi connectivity index (χ1v) is 8.02. The van der Waals surface area contributed by atoms with Gasteiger partial charge < -0.3 is 9.88 Å². The molecular weight excluding hydrogens is 318 g/mol. The first kappa shape index (κ1) is 16.8. The minimum absolute atomic E-state index is 0.171. The van der Waals surface area contributed by atoms with Gasteiger partial charge in [-0.25, -0.2) is 15.0 Å². The van der Waals surface area contributed by atoms with Crippen LogP contribution in [0, 0.1) is 0 Å². The molecule has 25 heavy (non-hydrogen) atoms. The quantitative estimate of drug-likeness (QED) is 0.788. The summed E-state index contributed by atoms with van der Waals surface area (Å²) in [6.45, 7) is 7.99. The van der Waals surface area contributed by atoms with Gasteiger partial charge in [-0.1, -0.05) is 20.8 Å². The first-order valence-electron chi connectivity index (χ1n) is 8.02. The van der Waals surface area contributed by atoms with Crippen molar-refractivity contribution in [1.29, 1.82) is 0 Å². The largest absolute Gasteiger partial charge is 0.325 e. The maximum absolute atomic E-state index is 12.6. The molecule has 0 fully saturated rings. The highest BCUT2D eigenvalue weighted by Gasteiger charge is 2.23. The van der Waals surface area contributed by atoms with E-state index in [-0.39, 0.29) is 11.3 Å². The van der Waals surface area contributed by atoms with Gasteiger partial charge in [-0.05, 0) is 13.0 Å². The molecule has 3 aromatic rings. The Bertz CT molecular complexity index is 847. The molecular formula is C17H21N7O. The van der Waals surface area contributed by atoms with Crippen molar-refractivity contribution in [3.05, 3.63) is 48.9 Å². The molecule has 0 unspecified atom stereocenters. The van der Waals surface area contributed by atoms with Gasteiger partial charge in [0, 0.05) is 36.3 Å². The zero-order valence-electron chi connectivity index (χ0n) is 14.7. The number of amides is 1. The average Bonchev–Trinajstić information content (AvgIpc) is 3.24. The molecule has 0 saturated carbocycles. The van der Waals surface area contributed by atoms with E-state index in [1.54, 1.807) is 53.4 Å². The molecule has 3 aromatic heterocycles. The number of carbonyl (C=O) groups excluding carboxylic acids is 1. The fourth-order valence-corrected chi connectivity index (χ4v) is 2.25. The molecule has 8 heteroatoms. The van der Waals surface area contributed by atoms with Gasteiger partial charge >= 0.3 is 0 Å². The van der Waals surface area contributed by atoms with Crippen LogP contribution in [-0.2, 0) is 10.2 Å². The van der Waals surface area contributed by atoms with Crippen molar-refractivity contribution < 1.29 is 4.79 Å². The molecule has 1 N–H and O–H groups in total. The SMILES string of the molecule is C[C@@H](C(=O)Nc1cc(C(C)(C)C)nn1-c1ncccn1)n1ccnc1. The van der Waals surface area contributed by atoms with E-state index < -0.39 is 6.04 Å². The fourth-order valence-electron chi connectivity index (χ4n) is 2.25. The van der Waals surface area contributed by atoms with Crippen LogP contribution in [0.2, 0.25) is 0 Å². The molecule has 0 spiro atoms. The van der Waals surface area contributed by atoms with Crippen molar-refractivity contribution in [2.45, 2.75) is 39.2 Å². The van der Waals surface area contributed by atoms with Crippen molar-refractivity contribution in [3.8, 4) is 5.95 Å². The molecule has 130 valence electrons. The molecule has 0 bridgehead atoms. The van der Waals surface area contributed by atoms with Crippen LogP contribution >= 0.6 is 0 Å². The first-order chi connectivity index (χ1) is 11.9. The minimum Gasteiger partial charge on any atom is -0.325 e. The Morgan fingerprint density at radius 2 is 1.92 bits per heavy atom. The van der Waals surface area contributed by atoms with Crippen LogP contribution in [0.5, 0.6) is 0 Å². The molecule has 0 aliphatic carbocycles. The summed E-state index contributed by atoms with van der Waals surface area (Å²) in [6, 6.07) is 3.19. The Morgan fingerprint density at radius 1 is 1.20 bits per heavy atom. The van der Waals surface area contributed by atoms with E-state index in [1.165, 1.54) is 0 Å². The third-order valence-electron chi connectivity index (χ3n) is 3.82. The highest BCUT2D eigenvalue weighted by Crippen LogP contribution is 2.25. The highest BCUT2D eigenvalue weighted by atomic mass is 16.2. The normalized spacial score (nSPS) is 12.8. The maximum atomic E-state index is 12.6. The lowest BCUT2D eigenvalue weighted by Crippen LogP contribution is -2.24. The molecule has 8 nitrogen and oxygen atoms in total. The number of nitrogens with zero attached hydrogens (tertiary/aromatic N) is 6. The summed E-state index contributed by atoms with van der Waals surface area (Å²) < 4.78 is 3.29. The molecule has 3 rings (SSSR count). The Hall–Kier alpha value is -3.03. The van der Waals surface area contributed by atoms with Gasteiger partial charge in [-0.15, -0.1) is 0 Å². The third-order valence-corrected chi connectivity index (χ3v) is 3.82. The van der Waals surface area contributed by atoms with Crippen LogP contribution in [0.15, 0.2) is 43.2 Å². The van der Waals surface area contributed by atoms with E-state index >= 15 is 0 Å². The van der Waals surface area contributed by atoms with E-state index in [0.717, 1.165) is 5.69 Å². The third kappa shape index (κ3) is 3.57. The number of imidazole rings is 1. The van der Waals surface area contributed by atoms with Gasteiger partial charge in [-0.2, -0.15) is 9.78 Å². The highest BCUT2D eigenvalue weighted by molar-refractivity contribution is 5.93.